The monoisotopic (exact) mass is 764 g/mol. The Labute approximate surface area is 326 Å². The zero-order valence-corrected chi connectivity index (χ0v) is 30.2. The Morgan fingerprint density at radius 3 is 1.16 bits per heavy atom. The molecule has 4 N–H and O–H groups in total. The van der Waals surface area contributed by atoms with Crippen molar-refractivity contribution < 1.29 is 37.8 Å². The molecule has 8 rings (SSSR count). The van der Waals surface area contributed by atoms with E-state index >= 15 is 0 Å². The number of benzene rings is 4. The van der Waals surface area contributed by atoms with Crippen LogP contribution in [0.25, 0.3) is 34.2 Å². The minimum Gasteiger partial charge on any atom is -0.506 e. The van der Waals surface area contributed by atoms with Crippen molar-refractivity contribution in [2.45, 2.75) is 0 Å². The van der Waals surface area contributed by atoms with Crippen LogP contribution in [0.3, 0.4) is 0 Å². The predicted molar refractivity (Wildman–Crippen MR) is 208 cm³/mol. The summed E-state index contributed by atoms with van der Waals surface area (Å²) >= 11 is 0. The summed E-state index contributed by atoms with van der Waals surface area (Å²) in [5.74, 6) is 0.00759. The Kier molecular flexibility index (Phi) is 11.9. The van der Waals surface area contributed by atoms with Crippen LogP contribution in [0.5, 0.6) is 23.3 Å². The van der Waals surface area contributed by atoms with Crippen LogP contribution in [0.15, 0.2) is 168 Å². The Hall–Kier alpha value is -7.33. The molecule has 0 aliphatic heterocycles. The standard InChI is InChI=1S/2C21H16N4O2.Cr/c2*26-19-12-5-4-10-17(19)23-14-16-20(18-11-6-7-13-22-18)24-25(21(16)27)15-8-2-1-3-9-15;/h2*1-14,26-27H;. The molecule has 0 radical (unpaired) electrons. The molecule has 55 heavy (non-hydrogen) atoms. The summed E-state index contributed by atoms with van der Waals surface area (Å²) in [5.41, 5.74) is 5.28. The SMILES string of the molecule is Oc1ccccc1N=Cc1c(-c2ccccn2)nn(-c2ccccc2)c1O.Oc1ccccc1N=Cc1c(-c2ccccn2)nn(-c2ccccc2)c1O.[Cr]. The number of aromatic hydroxyl groups is 4. The van der Waals surface area contributed by atoms with Crippen molar-refractivity contribution in [3.8, 4) is 57.4 Å². The number of hydrogen-bond donors (Lipinski definition) is 4. The maximum Gasteiger partial charge on any atom is 0.223 e. The molecule has 4 heterocycles. The summed E-state index contributed by atoms with van der Waals surface area (Å²) in [6, 6.07) is 43.1. The first-order chi connectivity index (χ1) is 26.5. The van der Waals surface area contributed by atoms with E-state index in [-0.39, 0.29) is 40.6 Å². The second-order valence-electron chi connectivity index (χ2n) is 11.6. The molecule has 0 fully saturated rings. The fourth-order valence-electron chi connectivity index (χ4n) is 5.38. The van der Waals surface area contributed by atoms with Gasteiger partial charge in [0.1, 0.15) is 34.3 Å². The van der Waals surface area contributed by atoms with Gasteiger partial charge in [-0.1, -0.05) is 72.8 Å². The smallest absolute Gasteiger partial charge is 0.223 e. The number of aliphatic imine (C=N–C) groups is 2. The van der Waals surface area contributed by atoms with Crippen molar-refractivity contribution in [2.75, 3.05) is 0 Å². The first-order valence-electron chi connectivity index (χ1n) is 16.7. The van der Waals surface area contributed by atoms with Crippen molar-refractivity contribution >= 4 is 23.8 Å². The number of nitrogens with zero attached hydrogens (tertiary/aromatic N) is 8. The van der Waals surface area contributed by atoms with Gasteiger partial charge in [-0.3, -0.25) is 20.0 Å². The summed E-state index contributed by atoms with van der Waals surface area (Å²) in [6.07, 6.45) is 6.30. The molecule has 270 valence electrons. The van der Waals surface area contributed by atoms with Gasteiger partial charge in [0.25, 0.3) is 0 Å². The van der Waals surface area contributed by atoms with Gasteiger partial charge in [0.2, 0.25) is 11.8 Å². The van der Waals surface area contributed by atoms with E-state index < -0.39 is 0 Å². The third kappa shape index (κ3) is 8.50. The van der Waals surface area contributed by atoms with Crippen molar-refractivity contribution in [3.05, 3.63) is 169 Å². The van der Waals surface area contributed by atoms with Gasteiger partial charge in [0, 0.05) is 42.2 Å². The van der Waals surface area contributed by atoms with Crippen molar-refractivity contribution in [1.82, 2.24) is 29.5 Å². The van der Waals surface area contributed by atoms with Crippen molar-refractivity contribution in [1.29, 1.82) is 0 Å². The van der Waals surface area contributed by atoms with Crippen LogP contribution in [0.1, 0.15) is 11.1 Å². The number of pyridine rings is 2. The molecule has 0 saturated carbocycles. The van der Waals surface area contributed by atoms with Crippen LogP contribution in [-0.2, 0) is 17.4 Å². The molecule has 8 aromatic rings. The number of rotatable bonds is 8. The van der Waals surface area contributed by atoms with Gasteiger partial charge in [-0.05, 0) is 72.8 Å². The Bertz CT molecular complexity index is 2370. The second kappa shape index (κ2) is 17.5. The van der Waals surface area contributed by atoms with Crippen LogP contribution in [-0.4, -0.2) is 62.4 Å². The normalized spacial score (nSPS) is 10.9. The molecular formula is C42H32CrN8O4. The molecule has 4 aromatic carbocycles. The Balaban J connectivity index is 0.000000184. The number of phenols is 2. The number of phenolic OH excluding ortho intramolecular Hbond substituents is 2. The zero-order valence-electron chi connectivity index (χ0n) is 28.9. The van der Waals surface area contributed by atoms with Gasteiger partial charge in [-0.25, -0.2) is 0 Å². The zero-order chi connectivity index (χ0) is 37.3. The maximum absolute atomic E-state index is 10.8. The first-order valence-corrected chi connectivity index (χ1v) is 16.7. The average molecular weight is 765 g/mol. The van der Waals surface area contributed by atoms with Crippen LogP contribution in [0.4, 0.5) is 11.4 Å². The van der Waals surface area contributed by atoms with E-state index in [1.807, 2.05) is 97.1 Å². The van der Waals surface area contributed by atoms with E-state index in [0.717, 1.165) is 11.4 Å². The number of hydrogen-bond acceptors (Lipinski definition) is 10. The summed E-state index contributed by atoms with van der Waals surface area (Å²) in [6.45, 7) is 0. The van der Waals surface area contributed by atoms with Crippen molar-refractivity contribution in [2.24, 2.45) is 9.98 Å². The predicted octanol–water partition coefficient (Wildman–Crippen LogP) is 8.19. The van der Waals surface area contributed by atoms with E-state index in [4.69, 9.17) is 0 Å². The van der Waals surface area contributed by atoms with Gasteiger partial charge in [-0.15, -0.1) is 0 Å². The molecular weight excluding hydrogens is 733 g/mol. The fraction of sp³-hybridized carbons (Fsp3) is 0. The fourth-order valence-corrected chi connectivity index (χ4v) is 5.38. The Morgan fingerprint density at radius 2 is 0.800 bits per heavy atom. The quantitative estimate of drug-likeness (QED) is 0.112. The van der Waals surface area contributed by atoms with Crippen molar-refractivity contribution in [3.63, 3.8) is 0 Å². The summed E-state index contributed by atoms with van der Waals surface area (Å²) in [5, 5.41) is 50.5. The molecule has 12 nitrogen and oxygen atoms in total. The van der Waals surface area contributed by atoms with Crippen LogP contribution in [0, 0.1) is 0 Å². The van der Waals surface area contributed by atoms with E-state index in [9.17, 15) is 20.4 Å². The van der Waals surface area contributed by atoms with Crippen LogP contribution in [0.2, 0.25) is 0 Å². The van der Waals surface area contributed by atoms with E-state index in [1.165, 1.54) is 21.8 Å². The molecule has 0 aliphatic carbocycles. The van der Waals surface area contributed by atoms with E-state index in [1.54, 1.807) is 60.9 Å². The third-order valence-corrected chi connectivity index (χ3v) is 8.04. The minimum absolute atomic E-state index is 0. The average Bonchev–Trinajstić information content (AvgIpc) is 3.74. The second-order valence-corrected chi connectivity index (χ2v) is 11.6. The summed E-state index contributed by atoms with van der Waals surface area (Å²) in [7, 11) is 0. The number of aromatic nitrogens is 6. The minimum atomic E-state index is -0.0546. The van der Waals surface area contributed by atoms with E-state index in [0.29, 0.717) is 45.3 Å². The van der Waals surface area contributed by atoms with Gasteiger partial charge < -0.3 is 20.4 Å². The van der Waals surface area contributed by atoms with Crippen LogP contribution < -0.4 is 0 Å². The summed E-state index contributed by atoms with van der Waals surface area (Å²) in [4.78, 5) is 17.3. The molecule has 13 heteroatoms. The largest absolute Gasteiger partial charge is 0.506 e. The van der Waals surface area contributed by atoms with Gasteiger partial charge in [-0.2, -0.15) is 19.6 Å². The molecule has 4 aromatic heterocycles. The summed E-state index contributed by atoms with van der Waals surface area (Å²) < 4.78 is 2.88. The Morgan fingerprint density at radius 1 is 0.436 bits per heavy atom. The molecule has 0 bridgehead atoms. The van der Waals surface area contributed by atoms with Gasteiger partial charge >= 0.3 is 0 Å². The van der Waals surface area contributed by atoms with Crippen LogP contribution >= 0.6 is 0 Å². The topological polar surface area (TPSA) is 167 Å². The molecule has 0 saturated heterocycles. The molecule has 0 unspecified atom stereocenters. The molecule has 0 amide bonds. The van der Waals surface area contributed by atoms with E-state index in [2.05, 4.69) is 30.2 Å². The number of para-hydroxylation sites is 6. The third-order valence-electron chi connectivity index (χ3n) is 8.04. The molecule has 0 aliphatic rings. The molecule has 0 atom stereocenters. The van der Waals surface area contributed by atoms with Gasteiger partial charge in [0.05, 0.1) is 33.9 Å². The molecule has 0 spiro atoms. The maximum atomic E-state index is 10.8. The first kappa shape index (κ1) is 37.4. The van der Waals surface area contributed by atoms with Gasteiger partial charge in [0.15, 0.2) is 0 Å².